The van der Waals surface area contributed by atoms with Gasteiger partial charge in [-0.3, -0.25) is 19.3 Å². The second-order valence-corrected chi connectivity index (χ2v) is 14.8. The lowest BCUT2D eigenvalue weighted by atomic mass is 9.68. The van der Waals surface area contributed by atoms with Crippen LogP contribution in [0.3, 0.4) is 0 Å². The molecule has 1 aromatic heterocycles. The molecule has 1 N–H and O–H groups in total. The van der Waals surface area contributed by atoms with E-state index in [2.05, 4.69) is 11.1 Å². The number of thiazole rings is 1. The van der Waals surface area contributed by atoms with Crippen LogP contribution in [0.1, 0.15) is 45.6 Å². The van der Waals surface area contributed by atoms with Gasteiger partial charge in [0.1, 0.15) is 12.4 Å². The van der Waals surface area contributed by atoms with E-state index in [4.69, 9.17) is 21.1 Å². The lowest BCUT2D eigenvalue weighted by Gasteiger charge is -2.43. The zero-order valence-electron chi connectivity index (χ0n) is 24.7. The molecule has 7 atom stereocenters. The molecule has 8 rings (SSSR count). The molecule has 3 aromatic carbocycles. The molecule has 3 fully saturated rings. The van der Waals surface area contributed by atoms with Gasteiger partial charge in [-0.1, -0.05) is 53.3 Å². The third-order valence-electron chi connectivity index (χ3n) is 9.92. The number of hydrogen-bond donors (Lipinski definition) is 1. The normalized spacial score (nSPS) is 27.3. The van der Waals surface area contributed by atoms with Crippen molar-refractivity contribution >= 4 is 58.2 Å². The van der Waals surface area contributed by atoms with Crippen molar-refractivity contribution in [3.63, 3.8) is 0 Å². The fourth-order valence-electron chi connectivity index (χ4n) is 8.19. The Morgan fingerprint density at radius 3 is 2.41 bits per heavy atom. The van der Waals surface area contributed by atoms with Crippen LogP contribution >= 0.6 is 34.7 Å². The van der Waals surface area contributed by atoms with Gasteiger partial charge in [0.2, 0.25) is 11.8 Å². The van der Waals surface area contributed by atoms with Gasteiger partial charge in [0.25, 0.3) is 0 Å². The summed E-state index contributed by atoms with van der Waals surface area (Å²) in [5, 5.41) is 1.56. The maximum atomic E-state index is 14.1. The predicted octanol–water partition coefficient (Wildman–Crippen LogP) is 6.52. The van der Waals surface area contributed by atoms with Crippen molar-refractivity contribution in [2.45, 2.75) is 36.1 Å². The number of anilines is 1. The summed E-state index contributed by atoms with van der Waals surface area (Å²) in [6, 6.07) is 22.0. The van der Waals surface area contributed by atoms with E-state index >= 15 is 0 Å². The average molecular weight is 673 g/mol. The molecule has 46 heavy (non-hydrogen) atoms. The van der Waals surface area contributed by atoms with Crippen LogP contribution in [0.2, 0.25) is 5.02 Å². The number of ether oxygens (including phenoxy) is 2. The van der Waals surface area contributed by atoms with Gasteiger partial charge < -0.3 is 14.5 Å². The standard InChI is InChI=1S/C35H29ClN2O6S2/c1-2-43-34(41)18-9-13-20(14-10-18)38-32(39)27-22-15-23(28(27)33(38)40)29-26(22)25(30-31(45-29)37-35(42)46-30)21-5-3-4-6-24(21)44-16-17-7-11-19(36)12-8-17/h3-14,22-23,25-29H,2,15-16H2,1H3,(H,37,42)/t22-,23-,25?,26?,27?,28?,29?/m1/s1. The van der Waals surface area contributed by atoms with E-state index in [-0.39, 0.29) is 52.2 Å². The Morgan fingerprint density at radius 2 is 1.67 bits per heavy atom. The SMILES string of the molecule is CCOC(=O)c1ccc(N2C(=O)C3C(C2=O)[C@@H]2C[C@H]3C3Sc4[nH]c(=O)sc4C(c4ccccc4OCc4ccc(Cl)cc4)C32)cc1. The highest BCUT2D eigenvalue weighted by molar-refractivity contribution is 8.00. The molecule has 3 heterocycles. The first-order chi connectivity index (χ1) is 22.3. The van der Waals surface area contributed by atoms with Crippen LogP contribution in [0.4, 0.5) is 5.69 Å². The van der Waals surface area contributed by atoms with Gasteiger partial charge in [0.15, 0.2) is 0 Å². The minimum absolute atomic E-state index is 0.00791. The molecule has 4 aliphatic rings. The number of halogens is 1. The highest BCUT2D eigenvalue weighted by Gasteiger charge is 2.69. The first-order valence-corrected chi connectivity index (χ1v) is 17.4. The summed E-state index contributed by atoms with van der Waals surface area (Å²) in [4.78, 5) is 58.3. The molecule has 11 heteroatoms. The topological polar surface area (TPSA) is 106 Å². The van der Waals surface area contributed by atoms with Gasteiger partial charge in [-0.15, -0.1) is 11.8 Å². The number of carbonyl (C=O) groups excluding carboxylic acids is 3. The molecule has 2 saturated carbocycles. The summed E-state index contributed by atoms with van der Waals surface area (Å²) < 4.78 is 11.5. The monoisotopic (exact) mass is 672 g/mol. The Hall–Kier alpha value is -3.86. The lowest BCUT2D eigenvalue weighted by Crippen LogP contribution is -2.42. The fraction of sp³-hybridized carbons (Fsp3) is 0.314. The number of thioether (sulfide) groups is 1. The highest BCUT2D eigenvalue weighted by Crippen LogP contribution is 2.69. The summed E-state index contributed by atoms with van der Waals surface area (Å²) in [5.41, 5.74) is 2.80. The van der Waals surface area contributed by atoms with Crippen LogP contribution in [0.5, 0.6) is 5.75 Å². The number of aromatic nitrogens is 1. The number of para-hydroxylation sites is 1. The summed E-state index contributed by atoms with van der Waals surface area (Å²) in [5.74, 6) is -1.10. The number of benzene rings is 3. The molecule has 0 spiro atoms. The summed E-state index contributed by atoms with van der Waals surface area (Å²) in [6.07, 6.45) is 0.786. The number of hydrogen-bond acceptors (Lipinski definition) is 8. The molecule has 2 amide bonds. The Kier molecular flexibility index (Phi) is 7.34. The number of esters is 1. The number of H-pyrrole nitrogens is 1. The van der Waals surface area contributed by atoms with Gasteiger partial charge in [-0.25, -0.2) is 4.79 Å². The third-order valence-corrected chi connectivity index (χ3v) is 12.8. The van der Waals surface area contributed by atoms with Gasteiger partial charge >= 0.3 is 10.8 Å². The highest BCUT2D eigenvalue weighted by atomic mass is 35.5. The smallest absolute Gasteiger partial charge is 0.338 e. The summed E-state index contributed by atoms with van der Waals surface area (Å²) in [6.45, 7) is 2.36. The first kappa shape index (κ1) is 29.5. The largest absolute Gasteiger partial charge is 0.489 e. The number of carbonyl (C=O) groups is 3. The van der Waals surface area contributed by atoms with Crippen molar-refractivity contribution in [3.05, 3.63) is 109 Å². The number of imide groups is 1. The number of nitrogens with one attached hydrogen (secondary N) is 1. The van der Waals surface area contributed by atoms with Crippen LogP contribution in [-0.4, -0.2) is 34.6 Å². The minimum atomic E-state index is -0.446. The quantitative estimate of drug-likeness (QED) is 0.176. The van der Waals surface area contributed by atoms with Crippen molar-refractivity contribution in [1.29, 1.82) is 0 Å². The Bertz CT molecular complexity index is 1920. The van der Waals surface area contributed by atoms with E-state index in [0.29, 0.717) is 22.9 Å². The van der Waals surface area contributed by atoms with Crippen molar-refractivity contribution in [1.82, 2.24) is 4.98 Å². The van der Waals surface area contributed by atoms with Crippen LogP contribution in [-0.2, 0) is 20.9 Å². The molecule has 234 valence electrons. The van der Waals surface area contributed by atoms with E-state index < -0.39 is 17.8 Å². The van der Waals surface area contributed by atoms with Crippen molar-refractivity contribution < 1.29 is 23.9 Å². The Morgan fingerprint density at radius 1 is 0.957 bits per heavy atom. The average Bonchev–Trinajstić information content (AvgIpc) is 3.80. The van der Waals surface area contributed by atoms with Crippen molar-refractivity contribution in [2.75, 3.05) is 11.5 Å². The third kappa shape index (κ3) is 4.64. The molecular weight excluding hydrogens is 644 g/mol. The zero-order chi connectivity index (χ0) is 31.7. The number of amides is 2. The Balaban J connectivity index is 1.14. The second-order valence-electron chi connectivity index (χ2n) is 12.2. The van der Waals surface area contributed by atoms with E-state index in [0.717, 1.165) is 33.2 Å². The number of fused-ring (bicyclic) bond motifs is 9. The van der Waals surface area contributed by atoms with Gasteiger partial charge in [0.05, 0.1) is 34.7 Å². The van der Waals surface area contributed by atoms with Crippen LogP contribution in [0, 0.1) is 29.6 Å². The number of aromatic amines is 1. The molecule has 4 aromatic rings. The minimum Gasteiger partial charge on any atom is -0.489 e. The van der Waals surface area contributed by atoms with E-state index in [1.807, 2.05) is 42.5 Å². The summed E-state index contributed by atoms with van der Waals surface area (Å²) in [7, 11) is 0. The predicted molar refractivity (Wildman–Crippen MR) is 176 cm³/mol. The van der Waals surface area contributed by atoms with E-state index in [1.54, 1.807) is 43.0 Å². The molecular formula is C35H29ClN2O6S2. The molecule has 2 aliphatic heterocycles. The Labute approximate surface area is 278 Å². The molecule has 8 nitrogen and oxygen atoms in total. The number of rotatable bonds is 7. The zero-order valence-corrected chi connectivity index (χ0v) is 27.1. The van der Waals surface area contributed by atoms with Gasteiger partial charge in [0, 0.05) is 26.6 Å². The van der Waals surface area contributed by atoms with Gasteiger partial charge in [-0.05, 0) is 79.1 Å². The lowest BCUT2D eigenvalue weighted by molar-refractivity contribution is -0.123. The van der Waals surface area contributed by atoms with Crippen LogP contribution < -0.4 is 14.5 Å². The molecule has 5 unspecified atom stereocenters. The summed E-state index contributed by atoms with van der Waals surface area (Å²) >= 11 is 8.96. The molecule has 0 radical (unpaired) electrons. The van der Waals surface area contributed by atoms with E-state index in [1.165, 1.54) is 16.2 Å². The first-order valence-electron chi connectivity index (χ1n) is 15.3. The maximum absolute atomic E-state index is 14.1. The van der Waals surface area contributed by atoms with E-state index in [9.17, 15) is 19.2 Å². The second kappa shape index (κ2) is 11.4. The molecule has 1 saturated heterocycles. The van der Waals surface area contributed by atoms with Crippen LogP contribution in [0.15, 0.2) is 82.6 Å². The van der Waals surface area contributed by atoms with Gasteiger partial charge in [-0.2, -0.15) is 0 Å². The number of nitrogens with zero attached hydrogens (tertiary/aromatic N) is 1. The van der Waals surface area contributed by atoms with Crippen LogP contribution in [0.25, 0.3) is 0 Å². The molecule has 2 bridgehead atoms. The van der Waals surface area contributed by atoms with Crippen molar-refractivity contribution in [2.24, 2.45) is 29.6 Å². The fourth-order valence-corrected chi connectivity index (χ4v) is 11.2. The molecule has 2 aliphatic carbocycles. The van der Waals surface area contributed by atoms with Crippen molar-refractivity contribution in [3.8, 4) is 5.75 Å². The maximum Gasteiger partial charge on any atom is 0.338 e.